The Morgan fingerprint density at radius 2 is 1.88 bits per heavy atom. The standard InChI is InChI=1S/C13H11ClN2O/c14-12-7-8-13(16-15-12)17-11-4-2-1-3-10(11)9-5-6-9/h1-4,7-9H,5-6H2. The second-order valence-corrected chi connectivity index (χ2v) is 4.50. The van der Waals surface area contributed by atoms with Crippen LogP contribution >= 0.6 is 11.6 Å². The molecule has 0 saturated heterocycles. The van der Waals surface area contributed by atoms with Gasteiger partial charge < -0.3 is 4.74 Å². The Kier molecular flexibility index (Phi) is 2.69. The van der Waals surface area contributed by atoms with Gasteiger partial charge in [-0.15, -0.1) is 10.2 Å². The van der Waals surface area contributed by atoms with Gasteiger partial charge in [-0.1, -0.05) is 29.8 Å². The summed E-state index contributed by atoms with van der Waals surface area (Å²) in [6, 6.07) is 11.5. The summed E-state index contributed by atoms with van der Waals surface area (Å²) in [4.78, 5) is 0. The van der Waals surface area contributed by atoms with E-state index in [0.29, 0.717) is 17.0 Å². The molecule has 0 amide bonds. The Bertz CT molecular complexity index is 523. The van der Waals surface area contributed by atoms with Crippen LogP contribution in [-0.2, 0) is 0 Å². The summed E-state index contributed by atoms with van der Waals surface area (Å²) in [5.74, 6) is 1.99. The first-order chi connectivity index (χ1) is 8.33. The third-order valence-corrected chi connectivity index (χ3v) is 2.96. The van der Waals surface area contributed by atoms with Crippen molar-refractivity contribution in [3.05, 3.63) is 47.1 Å². The molecule has 1 fully saturated rings. The Labute approximate surface area is 104 Å². The molecule has 0 atom stereocenters. The number of aromatic nitrogens is 2. The van der Waals surface area contributed by atoms with E-state index < -0.39 is 0 Å². The van der Waals surface area contributed by atoms with Crippen molar-refractivity contribution in [2.75, 3.05) is 0 Å². The van der Waals surface area contributed by atoms with E-state index in [0.717, 1.165) is 5.75 Å². The summed E-state index contributed by atoms with van der Waals surface area (Å²) in [6.07, 6.45) is 2.49. The average Bonchev–Trinajstić information content (AvgIpc) is 3.17. The Morgan fingerprint density at radius 3 is 2.59 bits per heavy atom. The van der Waals surface area contributed by atoms with Gasteiger partial charge in [0, 0.05) is 6.07 Å². The zero-order chi connectivity index (χ0) is 11.7. The number of ether oxygens (including phenoxy) is 1. The van der Waals surface area contributed by atoms with Gasteiger partial charge in [0.05, 0.1) is 0 Å². The van der Waals surface area contributed by atoms with Gasteiger partial charge in [-0.25, -0.2) is 0 Å². The normalized spacial score (nSPS) is 14.6. The first-order valence-corrected chi connectivity index (χ1v) is 5.97. The molecule has 0 radical (unpaired) electrons. The van der Waals surface area contributed by atoms with E-state index in [2.05, 4.69) is 16.3 Å². The van der Waals surface area contributed by atoms with Crippen LogP contribution in [0.25, 0.3) is 0 Å². The zero-order valence-electron chi connectivity index (χ0n) is 9.14. The molecule has 3 rings (SSSR count). The topological polar surface area (TPSA) is 35.0 Å². The lowest BCUT2D eigenvalue weighted by Crippen LogP contribution is -1.93. The molecule has 2 aromatic rings. The Hall–Kier alpha value is -1.61. The maximum atomic E-state index is 5.73. The third-order valence-electron chi connectivity index (χ3n) is 2.76. The molecule has 4 heteroatoms. The number of nitrogens with zero attached hydrogens (tertiary/aromatic N) is 2. The van der Waals surface area contributed by atoms with Crippen LogP contribution in [-0.4, -0.2) is 10.2 Å². The summed E-state index contributed by atoms with van der Waals surface area (Å²) in [7, 11) is 0. The van der Waals surface area contributed by atoms with Crippen LogP contribution < -0.4 is 4.74 Å². The lowest BCUT2D eigenvalue weighted by molar-refractivity contribution is 0.450. The molecule has 1 aliphatic carbocycles. The molecule has 1 saturated carbocycles. The van der Waals surface area contributed by atoms with Crippen molar-refractivity contribution >= 4 is 11.6 Å². The smallest absolute Gasteiger partial charge is 0.238 e. The van der Waals surface area contributed by atoms with Gasteiger partial charge in [-0.05, 0) is 36.5 Å². The highest BCUT2D eigenvalue weighted by Gasteiger charge is 2.26. The van der Waals surface area contributed by atoms with E-state index >= 15 is 0 Å². The van der Waals surface area contributed by atoms with Crippen molar-refractivity contribution < 1.29 is 4.74 Å². The van der Waals surface area contributed by atoms with Gasteiger partial charge >= 0.3 is 0 Å². The van der Waals surface area contributed by atoms with Gasteiger partial charge in [0.2, 0.25) is 5.88 Å². The largest absolute Gasteiger partial charge is 0.437 e. The van der Waals surface area contributed by atoms with E-state index in [1.54, 1.807) is 12.1 Å². The fourth-order valence-electron chi connectivity index (χ4n) is 1.78. The molecule has 0 spiro atoms. The zero-order valence-corrected chi connectivity index (χ0v) is 9.89. The SMILES string of the molecule is Clc1ccc(Oc2ccccc2C2CC2)nn1. The predicted octanol–water partition coefficient (Wildman–Crippen LogP) is 3.80. The Morgan fingerprint density at radius 1 is 1.06 bits per heavy atom. The summed E-state index contributed by atoms with van der Waals surface area (Å²) < 4.78 is 5.73. The van der Waals surface area contributed by atoms with Crippen LogP contribution in [0.5, 0.6) is 11.6 Å². The van der Waals surface area contributed by atoms with Crippen molar-refractivity contribution in [2.45, 2.75) is 18.8 Å². The summed E-state index contributed by atoms with van der Waals surface area (Å²) in [5.41, 5.74) is 1.25. The molecule has 86 valence electrons. The molecule has 3 nitrogen and oxygen atoms in total. The van der Waals surface area contributed by atoms with E-state index in [-0.39, 0.29) is 0 Å². The van der Waals surface area contributed by atoms with Crippen molar-refractivity contribution in [3.8, 4) is 11.6 Å². The van der Waals surface area contributed by atoms with Crippen molar-refractivity contribution in [1.82, 2.24) is 10.2 Å². The van der Waals surface area contributed by atoms with E-state index in [9.17, 15) is 0 Å². The number of para-hydroxylation sites is 1. The molecule has 1 aromatic carbocycles. The minimum Gasteiger partial charge on any atom is -0.437 e. The van der Waals surface area contributed by atoms with Gasteiger partial charge in [0.1, 0.15) is 5.75 Å². The summed E-state index contributed by atoms with van der Waals surface area (Å²) >= 11 is 5.68. The minimum absolute atomic E-state index is 0.368. The predicted molar refractivity (Wildman–Crippen MR) is 65.5 cm³/mol. The first-order valence-electron chi connectivity index (χ1n) is 5.59. The molecule has 0 aliphatic heterocycles. The highest BCUT2D eigenvalue weighted by atomic mass is 35.5. The molecule has 1 heterocycles. The van der Waals surface area contributed by atoms with Crippen LogP contribution in [0.2, 0.25) is 5.15 Å². The number of rotatable bonds is 3. The van der Waals surface area contributed by atoms with Crippen LogP contribution in [0.15, 0.2) is 36.4 Å². The number of benzene rings is 1. The third kappa shape index (κ3) is 2.39. The summed E-state index contributed by atoms with van der Waals surface area (Å²) in [6.45, 7) is 0. The molecule has 17 heavy (non-hydrogen) atoms. The average molecular weight is 247 g/mol. The highest BCUT2D eigenvalue weighted by molar-refractivity contribution is 6.29. The molecular weight excluding hydrogens is 236 g/mol. The van der Waals surface area contributed by atoms with E-state index in [4.69, 9.17) is 16.3 Å². The van der Waals surface area contributed by atoms with Crippen LogP contribution in [0.3, 0.4) is 0 Å². The lowest BCUT2D eigenvalue weighted by Gasteiger charge is -2.08. The molecule has 1 aromatic heterocycles. The lowest BCUT2D eigenvalue weighted by atomic mass is 10.1. The van der Waals surface area contributed by atoms with E-state index in [1.165, 1.54) is 18.4 Å². The Balaban J connectivity index is 1.87. The summed E-state index contributed by atoms with van der Waals surface area (Å²) in [5, 5.41) is 8.01. The van der Waals surface area contributed by atoms with Crippen LogP contribution in [0.4, 0.5) is 0 Å². The highest BCUT2D eigenvalue weighted by Crippen LogP contribution is 2.44. The number of halogens is 1. The fourth-order valence-corrected chi connectivity index (χ4v) is 1.88. The quantitative estimate of drug-likeness (QED) is 0.826. The van der Waals surface area contributed by atoms with Crippen molar-refractivity contribution in [3.63, 3.8) is 0 Å². The number of hydrogen-bond acceptors (Lipinski definition) is 3. The molecule has 0 unspecified atom stereocenters. The second kappa shape index (κ2) is 4.34. The first kappa shape index (κ1) is 10.5. The van der Waals surface area contributed by atoms with Gasteiger partial charge in [0.25, 0.3) is 0 Å². The molecule has 0 bridgehead atoms. The maximum Gasteiger partial charge on any atom is 0.238 e. The number of hydrogen-bond donors (Lipinski definition) is 0. The van der Waals surface area contributed by atoms with Gasteiger partial charge in [0.15, 0.2) is 5.15 Å². The monoisotopic (exact) mass is 246 g/mol. The minimum atomic E-state index is 0.368. The van der Waals surface area contributed by atoms with E-state index in [1.807, 2.05) is 18.2 Å². The molecule has 1 aliphatic rings. The van der Waals surface area contributed by atoms with Gasteiger partial charge in [-0.2, -0.15) is 0 Å². The molecule has 0 N–H and O–H groups in total. The van der Waals surface area contributed by atoms with Gasteiger partial charge in [-0.3, -0.25) is 0 Å². The second-order valence-electron chi connectivity index (χ2n) is 4.11. The van der Waals surface area contributed by atoms with Crippen LogP contribution in [0.1, 0.15) is 24.3 Å². The van der Waals surface area contributed by atoms with Crippen molar-refractivity contribution in [2.24, 2.45) is 0 Å². The fraction of sp³-hybridized carbons (Fsp3) is 0.231. The maximum absolute atomic E-state index is 5.73. The molecular formula is C13H11ClN2O. The van der Waals surface area contributed by atoms with Crippen molar-refractivity contribution in [1.29, 1.82) is 0 Å². The van der Waals surface area contributed by atoms with Crippen LogP contribution in [0, 0.1) is 0 Å².